The molecule has 1 aliphatic heterocycles. The summed E-state index contributed by atoms with van der Waals surface area (Å²) in [6, 6.07) is 8.39. The van der Waals surface area contributed by atoms with Crippen LogP contribution in [0.15, 0.2) is 42.0 Å². The molecule has 0 saturated carbocycles. The van der Waals surface area contributed by atoms with E-state index in [4.69, 9.17) is 0 Å². The van der Waals surface area contributed by atoms with Crippen molar-refractivity contribution in [3.05, 3.63) is 51.3 Å². The van der Waals surface area contributed by atoms with Crippen molar-refractivity contribution < 1.29 is 4.79 Å². The summed E-state index contributed by atoms with van der Waals surface area (Å²) in [5.74, 6) is 0.00542. The van der Waals surface area contributed by atoms with Gasteiger partial charge in [-0.25, -0.2) is 9.67 Å². The summed E-state index contributed by atoms with van der Waals surface area (Å²) in [4.78, 5) is 19.1. The molecule has 1 N–H and O–H groups in total. The van der Waals surface area contributed by atoms with Crippen molar-refractivity contribution >= 4 is 39.8 Å². The van der Waals surface area contributed by atoms with Crippen LogP contribution in [0, 0.1) is 3.57 Å². The van der Waals surface area contributed by atoms with Crippen molar-refractivity contribution in [2.45, 2.75) is 13.0 Å². The highest BCUT2D eigenvalue weighted by atomic mass is 127. The van der Waals surface area contributed by atoms with E-state index >= 15 is 0 Å². The largest absolute Gasteiger partial charge is 0.334 e. The average molecular weight is 479 g/mol. The third-order valence-electron chi connectivity index (χ3n) is 4.31. The zero-order valence-corrected chi connectivity index (χ0v) is 17.2. The molecule has 0 radical (unpaired) electrons. The zero-order chi connectivity index (χ0) is 18.1. The fourth-order valence-electron chi connectivity index (χ4n) is 2.99. The molecule has 1 aliphatic rings. The van der Waals surface area contributed by atoms with Crippen molar-refractivity contribution in [1.82, 2.24) is 25.0 Å². The summed E-state index contributed by atoms with van der Waals surface area (Å²) in [5, 5.41) is 10.5. The van der Waals surface area contributed by atoms with Gasteiger partial charge in [0, 0.05) is 46.4 Å². The van der Waals surface area contributed by atoms with Gasteiger partial charge in [0.25, 0.3) is 5.91 Å². The van der Waals surface area contributed by atoms with E-state index in [2.05, 4.69) is 44.9 Å². The Bertz CT molecular complexity index is 937. The molecule has 4 rings (SSSR count). The minimum atomic E-state index is 0.00542. The first kappa shape index (κ1) is 17.6. The first-order valence-corrected chi connectivity index (χ1v) is 10.4. The average Bonchev–Trinajstić information content (AvgIpc) is 3.31. The highest BCUT2D eigenvalue weighted by molar-refractivity contribution is 14.1. The number of carbonyl (C=O) groups excluding carboxylic acids is 1. The van der Waals surface area contributed by atoms with Gasteiger partial charge in [0.1, 0.15) is 10.7 Å². The van der Waals surface area contributed by atoms with Crippen molar-refractivity contribution in [1.29, 1.82) is 0 Å². The number of nitrogens with zero attached hydrogens (tertiary/aromatic N) is 4. The lowest BCUT2D eigenvalue weighted by molar-refractivity contribution is 0.0704. The summed E-state index contributed by atoms with van der Waals surface area (Å²) in [5.41, 5.74) is 2.46. The molecule has 0 spiro atoms. The maximum atomic E-state index is 12.7. The number of para-hydroxylation sites is 1. The predicted octanol–water partition coefficient (Wildman–Crippen LogP) is 3.03. The van der Waals surface area contributed by atoms with E-state index in [1.54, 1.807) is 6.20 Å². The fraction of sp³-hybridized carbons (Fsp3) is 0.278. The third-order valence-corrected chi connectivity index (χ3v) is 6.11. The van der Waals surface area contributed by atoms with Gasteiger partial charge in [-0.05, 0) is 41.6 Å². The Morgan fingerprint density at radius 2 is 2.23 bits per heavy atom. The van der Waals surface area contributed by atoms with E-state index < -0.39 is 0 Å². The van der Waals surface area contributed by atoms with Crippen molar-refractivity contribution in [3.8, 4) is 16.3 Å². The maximum absolute atomic E-state index is 12.7. The number of hydrogen-bond acceptors (Lipinski definition) is 5. The Morgan fingerprint density at radius 1 is 1.38 bits per heavy atom. The molecule has 1 atom stereocenters. The fourth-order valence-corrected chi connectivity index (χ4v) is 4.39. The van der Waals surface area contributed by atoms with Crippen LogP contribution in [0.25, 0.3) is 16.3 Å². The van der Waals surface area contributed by atoms with E-state index in [-0.39, 0.29) is 5.91 Å². The summed E-state index contributed by atoms with van der Waals surface area (Å²) < 4.78 is 2.97. The van der Waals surface area contributed by atoms with Gasteiger partial charge in [-0.2, -0.15) is 5.10 Å². The number of benzene rings is 1. The number of nitrogens with one attached hydrogen (secondary N) is 1. The lowest BCUT2D eigenvalue weighted by atomic mass is 10.2. The van der Waals surface area contributed by atoms with Crippen LogP contribution in [0.5, 0.6) is 0 Å². The molecule has 1 saturated heterocycles. The quantitative estimate of drug-likeness (QED) is 0.587. The lowest BCUT2D eigenvalue weighted by Gasteiger charge is -2.31. The van der Waals surface area contributed by atoms with Crippen molar-refractivity contribution in [3.63, 3.8) is 0 Å². The number of thiazole rings is 1. The Morgan fingerprint density at radius 3 is 3.04 bits per heavy atom. The Kier molecular flexibility index (Phi) is 5.05. The van der Waals surface area contributed by atoms with E-state index in [1.807, 2.05) is 45.4 Å². The summed E-state index contributed by atoms with van der Waals surface area (Å²) in [7, 11) is 0. The molecule has 1 amide bonds. The zero-order valence-electron chi connectivity index (χ0n) is 14.2. The van der Waals surface area contributed by atoms with E-state index in [0.717, 1.165) is 39.5 Å². The number of rotatable bonds is 3. The van der Waals surface area contributed by atoms with Gasteiger partial charge in [0.05, 0.1) is 11.9 Å². The number of hydrogen-bond donors (Lipinski definition) is 1. The topological polar surface area (TPSA) is 63.1 Å². The predicted molar refractivity (Wildman–Crippen MR) is 111 cm³/mol. The van der Waals surface area contributed by atoms with Gasteiger partial charge in [-0.3, -0.25) is 4.79 Å². The maximum Gasteiger partial charge on any atom is 0.273 e. The van der Waals surface area contributed by atoms with Crippen LogP contribution in [0.2, 0.25) is 0 Å². The van der Waals surface area contributed by atoms with E-state index in [1.165, 1.54) is 11.3 Å². The van der Waals surface area contributed by atoms with E-state index in [0.29, 0.717) is 11.7 Å². The minimum absolute atomic E-state index is 0.00542. The first-order chi connectivity index (χ1) is 12.6. The normalized spacial score (nSPS) is 17.5. The van der Waals surface area contributed by atoms with Gasteiger partial charge in [-0.15, -0.1) is 11.3 Å². The molecule has 26 heavy (non-hydrogen) atoms. The second kappa shape index (κ2) is 7.45. The van der Waals surface area contributed by atoms with Crippen molar-refractivity contribution in [2.24, 2.45) is 0 Å². The van der Waals surface area contributed by atoms with Gasteiger partial charge in [-0.1, -0.05) is 12.1 Å². The van der Waals surface area contributed by atoms with Gasteiger partial charge in [0.15, 0.2) is 0 Å². The first-order valence-electron chi connectivity index (χ1n) is 8.40. The Labute approximate surface area is 169 Å². The van der Waals surface area contributed by atoms with Gasteiger partial charge < -0.3 is 10.2 Å². The molecular weight excluding hydrogens is 461 g/mol. The number of aromatic nitrogens is 3. The molecule has 2 aromatic heterocycles. The molecule has 1 aromatic carbocycles. The summed E-state index contributed by atoms with van der Waals surface area (Å²) in [6.45, 7) is 4.36. The molecule has 8 heteroatoms. The van der Waals surface area contributed by atoms with Crippen LogP contribution in [0.1, 0.15) is 17.4 Å². The molecule has 1 fully saturated rings. The summed E-state index contributed by atoms with van der Waals surface area (Å²) >= 11 is 3.78. The monoisotopic (exact) mass is 479 g/mol. The van der Waals surface area contributed by atoms with Crippen LogP contribution in [-0.2, 0) is 0 Å². The highest BCUT2D eigenvalue weighted by Crippen LogP contribution is 2.26. The number of amides is 1. The van der Waals surface area contributed by atoms with Crippen LogP contribution in [0.4, 0.5) is 0 Å². The molecule has 6 nitrogen and oxygen atoms in total. The Hall–Kier alpha value is -1.78. The van der Waals surface area contributed by atoms with Crippen LogP contribution in [-0.4, -0.2) is 51.2 Å². The highest BCUT2D eigenvalue weighted by Gasteiger charge is 2.23. The second-order valence-electron chi connectivity index (χ2n) is 6.27. The molecule has 0 bridgehead atoms. The standard InChI is InChI=1S/C18H18IN5OS/c1-12-9-23(7-6-20-12)18(25)15-11-26-17(22-15)13-8-21-24(10-13)16-5-3-2-4-14(16)19/h2-5,8,10-12,20H,6-7,9H2,1H3. The molecule has 0 aliphatic carbocycles. The smallest absolute Gasteiger partial charge is 0.273 e. The van der Waals surface area contributed by atoms with Gasteiger partial charge >= 0.3 is 0 Å². The molecular formula is C18H18IN5OS. The lowest BCUT2D eigenvalue weighted by Crippen LogP contribution is -2.51. The molecule has 134 valence electrons. The number of piperazine rings is 1. The molecule has 1 unspecified atom stereocenters. The molecule has 3 heterocycles. The van der Waals surface area contributed by atoms with Crippen LogP contribution in [0.3, 0.4) is 0 Å². The third kappa shape index (κ3) is 3.53. The second-order valence-corrected chi connectivity index (χ2v) is 8.29. The van der Waals surface area contributed by atoms with Crippen LogP contribution >= 0.6 is 33.9 Å². The van der Waals surface area contributed by atoms with E-state index in [9.17, 15) is 4.79 Å². The summed E-state index contributed by atoms with van der Waals surface area (Å²) in [6.07, 6.45) is 3.75. The molecule has 3 aromatic rings. The van der Waals surface area contributed by atoms with Crippen molar-refractivity contribution in [2.75, 3.05) is 19.6 Å². The number of halogens is 1. The Balaban J connectivity index is 1.55. The van der Waals surface area contributed by atoms with Crippen LogP contribution < -0.4 is 5.32 Å². The minimum Gasteiger partial charge on any atom is -0.334 e. The number of carbonyl (C=O) groups is 1. The van der Waals surface area contributed by atoms with Gasteiger partial charge in [0.2, 0.25) is 0 Å². The SMILES string of the molecule is CC1CN(C(=O)c2csc(-c3cnn(-c4ccccc4I)c3)n2)CCN1.